The summed E-state index contributed by atoms with van der Waals surface area (Å²) in [4.78, 5) is 91.8. The Kier molecular flexibility index (Phi) is 13.0. The number of nitrogens with two attached hydrogens (primary N) is 1. The summed E-state index contributed by atoms with van der Waals surface area (Å²) in [5.74, 6) is -11.0. The van der Waals surface area contributed by atoms with E-state index in [0.717, 1.165) is 0 Å². The van der Waals surface area contributed by atoms with E-state index in [-0.39, 0.29) is 0 Å². The van der Waals surface area contributed by atoms with E-state index in [9.17, 15) is 38.4 Å². The minimum atomic E-state index is -1.92. The Morgan fingerprint density at radius 2 is 0.914 bits per heavy atom. The summed E-state index contributed by atoms with van der Waals surface area (Å²) in [5, 5.41) is 50.2. The molecule has 0 aromatic rings. The van der Waals surface area contributed by atoms with E-state index in [0.29, 0.717) is 0 Å². The Balaban J connectivity index is 5.67. The van der Waals surface area contributed by atoms with Crippen molar-refractivity contribution in [2.24, 2.45) is 5.73 Å². The van der Waals surface area contributed by atoms with Crippen LogP contribution in [0.5, 0.6) is 0 Å². The number of rotatable bonds is 17. The molecule has 0 rings (SSSR count). The first-order valence-electron chi connectivity index (χ1n) is 9.90. The molecule has 0 aromatic carbocycles. The van der Waals surface area contributed by atoms with Crippen molar-refractivity contribution in [3.63, 3.8) is 0 Å². The van der Waals surface area contributed by atoms with Crippen LogP contribution in [0.4, 0.5) is 0 Å². The van der Waals surface area contributed by atoms with Crippen molar-refractivity contribution >= 4 is 47.6 Å². The lowest BCUT2D eigenvalue weighted by Crippen LogP contribution is -2.57. The second-order valence-corrected chi connectivity index (χ2v) is 7.19. The van der Waals surface area contributed by atoms with Crippen molar-refractivity contribution < 1.29 is 63.9 Å². The van der Waals surface area contributed by atoms with Gasteiger partial charge in [-0.2, -0.15) is 0 Å². The number of carboxylic acid groups (broad SMARTS) is 5. The van der Waals surface area contributed by atoms with Gasteiger partial charge in [-0.3, -0.25) is 33.6 Å². The molecule has 0 unspecified atom stereocenters. The molecule has 10 N–H and O–H groups in total. The third-order valence-corrected chi connectivity index (χ3v) is 4.28. The molecule has 196 valence electrons. The molecule has 0 saturated carbocycles. The summed E-state index contributed by atoms with van der Waals surface area (Å²) in [5.41, 5.74) is 5.40. The van der Waals surface area contributed by atoms with Crippen LogP contribution in [-0.2, 0) is 38.4 Å². The van der Waals surface area contributed by atoms with Crippen LogP contribution >= 0.6 is 0 Å². The van der Waals surface area contributed by atoms with E-state index in [2.05, 4.69) is 5.32 Å². The summed E-state index contributed by atoms with van der Waals surface area (Å²) < 4.78 is 0. The number of carbonyl (C=O) groups is 8. The molecule has 0 radical (unpaired) electrons. The number of nitrogens with one attached hydrogen (secondary N) is 3. The molecular formula is C18H26N4O13. The van der Waals surface area contributed by atoms with Gasteiger partial charge in [-0.1, -0.05) is 0 Å². The van der Waals surface area contributed by atoms with Crippen LogP contribution in [-0.4, -0.2) is 97.3 Å². The lowest BCUT2D eigenvalue weighted by molar-refractivity contribution is -0.147. The average molecular weight is 506 g/mol. The third kappa shape index (κ3) is 13.1. The van der Waals surface area contributed by atoms with Gasteiger partial charge in [-0.15, -0.1) is 0 Å². The Hall–Kier alpha value is -4.28. The lowest BCUT2D eigenvalue weighted by Gasteiger charge is -2.24. The van der Waals surface area contributed by atoms with Crippen LogP contribution in [0, 0.1) is 0 Å². The fourth-order valence-electron chi connectivity index (χ4n) is 2.55. The first kappa shape index (κ1) is 30.7. The number of carboxylic acids is 5. The number of aliphatic carboxylic acids is 5. The molecule has 0 spiro atoms. The number of carbonyl (C=O) groups excluding carboxylic acids is 3. The van der Waals surface area contributed by atoms with Gasteiger partial charge in [0.05, 0.1) is 18.9 Å². The first-order chi connectivity index (χ1) is 16.1. The summed E-state index contributed by atoms with van der Waals surface area (Å²) >= 11 is 0. The maximum absolute atomic E-state index is 12.7. The van der Waals surface area contributed by atoms with Crippen molar-refractivity contribution in [2.45, 2.75) is 62.7 Å². The normalized spacial score (nSPS) is 13.9. The van der Waals surface area contributed by atoms with E-state index in [1.807, 2.05) is 10.6 Å². The molecule has 0 aromatic heterocycles. The van der Waals surface area contributed by atoms with Crippen LogP contribution in [0.1, 0.15) is 38.5 Å². The van der Waals surface area contributed by atoms with Crippen LogP contribution < -0.4 is 21.7 Å². The molecular weight excluding hydrogens is 480 g/mol. The third-order valence-electron chi connectivity index (χ3n) is 4.28. The van der Waals surface area contributed by atoms with Gasteiger partial charge < -0.3 is 47.2 Å². The molecule has 0 heterocycles. The fourth-order valence-corrected chi connectivity index (χ4v) is 2.55. The van der Waals surface area contributed by atoms with Crippen LogP contribution in [0.3, 0.4) is 0 Å². The minimum Gasteiger partial charge on any atom is -0.481 e. The second kappa shape index (κ2) is 14.8. The first-order valence-corrected chi connectivity index (χ1v) is 9.90. The Bertz CT molecular complexity index is 859. The molecule has 4 atom stereocenters. The van der Waals surface area contributed by atoms with Gasteiger partial charge in [0, 0.05) is 12.8 Å². The van der Waals surface area contributed by atoms with Crippen molar-refractivity contribution in [3.05, 3.63) is 0 Å². The van der Waals surface area contributed by atoms with Gasteiger partial charge in [-0.05, 0) is 12.8 Å². The largest absolute Gasteiger partial charge is 0.481 e. The molecule has 0 bridgehead atoms. The molecule has 35 heavy (non-hydrogen) atoms. The van der Waals surface area contributed by atoms with Crippen molar-refractivity contribution in [1.29, 1.82) is 0 Å². The number of hydrogen-bond acceptors (Lipinski definition) is 9. The van der Waals surface area contributed by atoms with E-state index >= 15 is 0 Å². The molecule has 0 aliphatic rings. The molecule has 0 saturated heterocycles. The molecule has 0 aliphatic carbocycles. The molecule has 17 nitrogen and oxygen atoms in total. The highest BCUT2D eigenvalue weighted by molar-refractivity contribution is 5.95. The quantitative estimate of drug-likeness (QED) is 0.0926. The maximum atomic E-state index is 12.7. The maximum Gasteiger partial charge on any atom is 0.326 e. The standard InChI is InChI=1S/C18H26N4O13/c19-7(5-13(27)28)15(31)20-8(1-3-11(23)24)16(32)21-9(2-4-12(25)26)17(33)22-10(18(34)35)6-14(29)30/h7-10H,1-6,19H2,(H,20,31)(H,21,32)(H,22,33)(H,23,24)(H,25,26)(H,27,28)(H,29,30)(H,34,35)/t7-,8-,9-,10-/m0/s1. The van der Waals surface area contributed by atoms with Gasteiger partial charge in [0.25, 0.3) is 0 Å². The van der Waals surface area contributed by atoms with Crippen LogP contribution in [0.15, 0.2) is 0 Å². The average Bonchev–Trinajstić information content (AvgIpc) is 2.71. The van der Waals surface area contributed by atoms with Crippen molar-refractivity contribution in [1.82, 2.24) is 16.0 Å². The highest BCUT2D eigenvalue weighted by Gasteiger charge is 2.31. The topological polar surface area (TPSA) is 300 Å². The van der Waals surface area contributed by atoms with Gasteiger partial charge in [0.15, 0.2) is 0 Å². The fraction of sp³-hybridized carbons (Fsp3) is 0.556. The lowest BCUT2D eigenvalue weighted by atomic mass is 10.1. The minimum absolute atomic E-state index is 0.531. The second-order valence-electron chi connectivity index (χ2n) is 7.19. The van der Waals surface area contributed by atoms with E-state index in [4.69, 9.17) is 31.3 Å². The van der Waals surface area contributed by atoms with Crippen LogP contribution in [0.2, 0.25) is 0 Å². The summed E-state index contributed by atoms with van der Waals surface area (Å²) in [6.45, 7) is 0. The Morgan fingerprint density at radius 1 is 0.543 bits per heavy atom. The monoisotopic (exact) mass is 506 g/mol. The predicted octanol–water partition coefficient (Wildman–Crippen LogP) is -3.47. The van der Waals surface area contributed by atoms with Crippen LogP contribution in [0.25, 0.3) is 0 Å². The zero-order valence-corrected chi connectivity index (χ0v) is 18.1. The number of amides is 3. The van der Waals surface area contributed by atoms with Gasteiger partial charge in [0.1, 0.15) is 18.1 Å². The zero-order valence-electron chi connectivity index (χ0n) is 18.1. The zero-order chi connectivity index (χ0) is 27.3. The highest BCUT2D eigenvalue weighted by atomic mass is 16.4. The molecule has 0 aliphatic heterocycles. The van der Waals surface area contributed by atoms with Gasteiger partial charge >= 0.3 is 29.8 Å². The smallest absolute Gasteiger partial charge is 0.326 e. The molecule has 3 amide bonds. The van der Waals surface area contributed by atoms with Gasteiger partial charge in [-0.25, -0.2) is 4.79 Å². The van der Waals surface area contributed by atoms with E-state index in [1.54, 1.807) is 0 Å². The predicted molar refractivity (Wildman–Crippen MR) is 110 cm³/mol. The SMILES string of the molecule is N[C@@H](CC(=O)O)C(=O)N[C@@H](CCC(=O)O)C(=O)N[C@@H](CCC(=O)O)C(=O)N[C@@H](CC(=O)O)C(=O)O. The molecule has 0 fully saturated rings. The summed E-state index contributed by atoms with van der Waals surface area (Å²) in [7, 11) is 0. The van der Waals surface area contributed by atoms with E-state index < -0.39 is 110 Å². The Labute approximate surface area is 196 Å². The summed E-state index contributed by atoms with van der Waals surface area (Å²) in [6, 6.07) is -6.88. The molecule has 17 heteroatoms. The van der Waals surface area contributed by atoms with Gasteiger partial charge in [0.2, 0.25) is 17.7 Å². The highest BCUT2D eigenvalue weighted by Crippen LogP contribution is 2.05. The van der Waals surface area contributed by atoms with Crippen molar-refractivity contribution in [3.8, 4) is 0 Å². The summed E-state index contributed by atoms with van der Waals surface area (Å²) in [6.07, 6.45) is -4.30. The Morgan fingerprint density at radius 3 is 1.26 bits per heavy atom. The van der Waals surface area contributed by atoms with E-state index in [1.165, 1.54) is 0 Å². The van der Waals surface area contributed by atoms with Crippen molar-refractivity contribution in [2.75, 3.05) is 0 Å². The number of hydrogen-bond donors (Lipinski definition) is 9.